The first kappa shape index (κ1) is 11.3. The summed E-state index contributed by atoms with van der Waals surface area (Å²) < 4.78 is 2.37. The van der Waals surface area contributed by atoms with Crippen LogP contribution in [0.1, 0.15) is 24.9 Å². The Bertz CT molecular complexity index is 566. The van der Waals surface area contributed by atoms with Crippen LogP contribution < -0.4 is 5.73 Å². The fraction of sp³-hybridized carbons (Fsp3) is 0.400. The average Bonchev–Trinajstić information content (AvgIpc) is 2.67. The van der Waals surface area contributed by atoms with Gasteiger partial charge in [0.1, 0.15) is 5.82 Å². The first-order chi connectivity index (χ1) is 8.65. The maximum Gasteiger partial charge on any atom is 0.109 e. The zero-order valence-corrected chi connectivity index (χ0v) is 11.0. The van der Waals surface area contributed by atoms with Crippen LogP contribution in [0.5, 0.6) is 0 Å². The van der Waals surface area contributed by atoms with E-state index in [1.54, 1.807) is 0 Å². The van der Waals surface area contributed by atoms with E-state index in [2.05, 4.69) is 30.5 Å². The van der Waals surface area contributed by atoms with Crippen LogP contribution in [0.4, 0.5) is 5.69 Å². The van der Waals surface area contributed by atoms with Crippen molar-refractivity contribution in [2.75, 3.05) is 5.73 Å². The summed E-state index contributed by atoms with van der Waals surface area (Å²) in [5, 5.41) is 0. The Kier molecular flexibility index (Phi) is 2.62. The lowest BCUT2D eigenvalue weighted by Crippen LogP contribution is -2.17. The Morgan fingerprint density at radius 1 is 1.28 bits per heavy atom. The summed E-state index contributed by atoms with van der Waals surface area (Å²) in [4.78, 5) is 4.82. The zero-order chi connectivity index (χ0) is 12.7. The second kappa shape index (κ2) is 4.16. The molecule has 2 aromatic rings. The van der Waals surface area contributed by atoms with Gasteiger partial charge in [0.15, 0.2) is 0 Å². The van der Waals surface area contributed by atoms with Crippen molar-refractivity contribution < 1.29 is 0 Å². The van der Waals surface area contributed by atoms with E-state index in [0.29, 0.717) is 0 Å². The van der Waals surface area contributed by atoms with Gasteiger partial charge in [0, 0.05) is 29.9 Å². The molecule has 3 nitrogen and oxygen atoms in total. The highest BCUT2D eigenvalue weighted by atomic mass is 15.1. The van der Waals surface area contributed by atoms with Crippen LogP contribution in [0.2, 0.25) is 0 Å². The lowest BCUT2D eigenvalue weighted by atomic mass is 10.0. The molecule has 0 spiro atoms. The van der Waals surface area contributed by atoms with Crippen LogP contribution in [-0.4, -0.2) is 9.55 Å². The molecule has 2 heterocycles. The highest BCUT2D eigenvalue weighted by Gasteiger charge is 2.21. The molecule has 0 radical (unpaired) electrons. The molecule has 1 aliphatic rings. The van der Waals surface area contributed by atoms with E-state index in [1.165, 1.54) is 17.9 Å². The highest BCUT2D eigenvalue weighted by Crippen LogP contribution is 2.29. The molecule has 0 bridgehead atoms. The Balaban J connectivity index is 2.06. The average molecular weight is 241 g/mol. The molecule has 3 rings (SSSR count). The van der Waals surface area contributed by atoms with E-state index in [9.17, 15) is 0 Å². The molecule has 94 valence electrons. The summed E-state index contributed by atoms with van der Waals surface area (Å²) >= 11 is 0. The van der Waals surface area contributed by atoms with Crippen molar-refractivity contribution in [2.24, 2.45) is 5.92 Å². The van der Waals surface area contributed by atoms with Gasteiger partial charge in [0.05, 0.1) is 5.69 Å². The Labute approximate surface area is 108 Å². The van der Waals surface area contributed by atoms with Gasteiger partial charge in [-0.25, -0.2) is 4.98 Å². The third kappa shape index (κ3) is 1.80. The minimum atomic E-state index is 0.749. The molecule has 1 unspecified atom stereocenters. The maximum atomic E-state index is 5.73. The van der Waals surface area contributed by atoms with Crippen molar-refractivity contribution in [1.82, 2.24) is 9.55 Å². The first-order valence-electron chi connectivity index (χ1n) is 6.57. The molecule has 3 heteroatoms. The van der Waals surface area contributed by atoms with E-state index >= 15 is 0 Å². The number of imidazole rings is 1. The van der Waals surface area contributed by atoms with E-state index in [4.69, 9.17) is 10.7 Å². The van der Waals surface area contributed by atoms with Crippen LogP contribution in [0.3, 0.4) is 0 Å². The highest BCUT2D eigenvalue weighted by molar-refractivity contribution is 5.64. The van der Waals surface area contributed by atoms with Crippen molar-refractivity contribution in [1.29, 1.82) is 0 Å². The number of fused-ring (bicyclic) bond motifs is 1. The summed E-state index contributed by atoms with van der Waals surface area (Å²) in [6.45, 7) is 5.57. The third-order valence-electron chi connectivity index (χ3n) is 3.86. The third-order valence-corrected chi connectivity index (χ3v) is 3.86. The SMILES string of the molecule is Cc1c(-c2ccc(N)cc2)nc2n1CCC(C)C2. The van der Waals surface area contributed by atoms with Crippen molar-refractivity contribution in [3.8, 4) is 11.3 Å². The van der Waals surface area contributed by atoms with Crippen molar-refractivity contribution in [3.63, 3.8) is 0 Å². The van der Waals surface area contributed by atoms with Crippen molar-refractivity contribution in [3.05, 3.63) is 35.8 Å². The molecule has 18 heavy (non-hydrogen) atoms. The quantitative estimate of drug-likeness (QED) is 0.780. The standard InChI is InChI=1S/C15H19N3/c1-10-7-8-18-11(2)15(17-14(18)9-10)12-3-5-13(16)6-4-12/h3-6,10H,7-9,16H2,1-2H3. The predicted octanol–water partition coefficient (Wildman–Crippen LogP) is 3.02. The van der Waals surface area contributed by atoms with Crippen LogP contribution >= 0.6 is 0 Å². The van der Waals surface area contributed by atoms with Gasteiger partial charge in [-0.2, -0.15) is 0 Å². The molecule has 0 saturated heterocycles. The predicted molar refractivity (Wildman–Crippen MR) is 74.3 cm³/mol. The van der Waals surface area contributed by atoms with Gasteiger partial charge in [-0.3, -0.25) is 0 Å². The number of hydrogen-bond acceptors (Lipinski definition) is 2. The molecule has 1 aliphatic heterocycles. The van der Waals surface area contributed by atoms with Gasteiger partial charge in [-0.15, -0.1) is 0 Å². The number of anilines is 1. The summed E-state index contributed by atoms with van der Waals surface area (Å²) in [7, 11) is 0. The Morgan fingerprint density at radius 2 is 2.00 bits per heavy atom. The number of nitrogens with two attached hydrogens (primary N) is 1. The van der Waals surface area contributed by atoms with Gasteiger partial charge in [-0.1, -0.05) is 19.1 Å². The lowest BCUT2D eigenvalue weighted by molar-refractivity contribution is 0.405. The number of aromatic nitrogens is 2. The number of nitrogens with zero attached hydrogens (tertiary/aromatic N) is 2. The fourth-order valence-electron chi connectivity index (χ4n) is 2.72. The van der Waals surface area contributed by atoms with Crippen molar-refractivity contribution >= 4 is 5.69 Å². The summed E-state index contributed by atoms with van der Waals surface area (Å²) in [6.07, 6.45) is 2.35. The molecule has 0 amide bonds. The number of rotatable bonds is 1. The largest absolute Gasteiger partial charge is 0.399 e. The molecule has 1 aromatic heterocycles. The van der Waals surface area contributed by atoms with Gasteiger partial charge in [0.2, 0.25) is 0 Å². The number of benzene rings is 1. The van der Waals surface area contributed by atoms with E-state index in [0.717, 1.165) is 35.8 Å². The Morgan fingerprint density at radius 3 is 2.72 bits per heavy atom. The summed E-state index contributed by atoms with van der Waals surface area (Å²) in [5.74, 6) is 1.98. The topological polar surface area (TPSA) is 43.8 Å². The van der Waals surface area contributed by atoms with E-state index in [1.807, 2.05) is 12.1 Å². The van der Waals surface area contributed by atoms with Crippen molar-refractivity contribution in [2.45, 2.75) is 33.2 Å². The molecule has 1 aromatic carbocycles. The van der Waals surface area contributed by atoms with Gasteiger partial charge in [0.25, 0.3) is 0 Å². The van der Waals surface area contributed by atoms with Crippen LogP contribution in [-0.2, 0) is 13.0 Å². The lowest BCUT2D eigenvalue weighted by Gasteiger charge is -2.20. The maximum absolute atomic E-state index is 5.73. The van der Waals surface area contributed by atoms with Gasteiger partial charge in [-0.05, 0) is 31.4 Å². The summed E-state index contributed by atoms with van der Waals surface area (Å²) in [6, 6.07) is 7.99. The van der Waals surface area contributed by atoms with Gasteiger partial charge >= 0.3 is 0 Å². The van der Waals surface area contributed by atoms with Crippen LogP contribution in [0.15, 0.2) is 24.3 Å². The molecular weight excluding hydrogens is 222 g/mol. The van der Waals surface area contributed by atoms with Crippen LogP contribution in [0, 0.1) is 12.8 Å². The molecular formula is C15H19N3. The first-order valence-corrected chi connectivity index (χ1v) is 6.57. The Hall–Kier alpha value is -1.77. The minimum absolute atomic E-state index is 0.749. The second-order valence-electron chi connectivity index (χ2n) is 5.33. The number of hydrogen-bond donors (Lipinski definition) is 1. The van der Waals surface area contributed by atoms with E-state index in [-0.39, 0.29) is 0 Å². The summed E-state index contributed by atoms with van der Waals surface area (Å²) in [5.41, 5.74) is 10.1. The normalized spacial score (nSPS) is 18.7. The molecule has 1 atom stereocenters. The zero-order valence-electron chi connectivity index (χ0n) is 11.0. The monoisotopic (exact) mass is 241 g/mol. The molecule has 0 saturated carbocycles. The minimum Gasteiger partial charge on any atom is -0.399 e. The number of nitrogen functional groups attached to an aromatic ring is 1. The second-order valence-corrected chi connectivity index (χ2v) is 5.33. The molecule has 2 N–H and O–H groups in total. The van der Waals surface area contributed by atoms with Gasteiger partial charge < -0.3 is 10.3 Å². The fourth-order valence-corrected chi connectivity index (χ4v) is 2.72. The molecule has 0 fully saturated rings. The molecule has 0 aliphatic carbocycles. The smallest absolute Gasteiger partial charge is 0.109 e. The van der Waals surface area contributed by atoms with E-state index < -0.39 is 0 Å². The van der Waals surface area contributed by atoms with Crippen LogP contribution in [0.25, 0.3) is 11.3 Å².